The molecular formula is C32H29F2NO5S. The van der Waals surface area contributed by atoms with Crippen LogP contribution in [0.5, 0.6) is 5.75 Å². The standard InChI is InChI=1S/C32H29F2NO5S/c1-4-39-30(36)32(15-16-32)22-12-9-20(10-13-22)24-14-11-21(17-27(24)38-3)29-26(18-28(34)41-29)35-31(37)40-19(2)23-7-5-6-8-25(23)33/h5-14,17-19H,4,15-16H2,1-3H3,(H,35,37)/t19-/m1/s1. The fourth-order valence-electron chi connectivity index (χ4n) is 4.88. The lowest BCUT2D eigenvalue weighted by Crippen LogP contribution is -2.23. The van der Waals surface area contributed by atoms with Crippen LogP contribution in [-0.4, -0.2) is 25.8 Å². The van der Waals surface area contributed by atoms with Crippen molar-refractivity contribution < 1.29 is 32.6 Å². The highest BCUT2D eigenvalue weighted by Crippen LogP contribution is 2.50. The van der Waals surface area contributed by atoms with E-state index in [-0.39, 0.29) is 17.2 Å². The number of hydrogen-bond acceptors (Lipinski definition) is 6. The van der Waals surface area contributed by atoms with Gasteiger partial charge in [-0.3, -0.25) is 10.1 Å². The predicted molar refractivity (Wildman–Crippen MR) is 154 cm³/mol. The fourth-order valence-corrected chi connectivity index (χ4v) is 5.72. The number of benzene rings is 3. The molecule has 1 aliphatic rings. The van der Waals surface area contributed by atoms with Crippen molar-refractivity contribution in [1.82, 2.24) is 0 Å². The number of halogens is 2. The normalized spacial score (nSPS) is 14.2. The minimum atomic E-state index is -0.846. The molecule has 0 aliphatic heterocycles. The largest absolute Gasteiger partial charge is 0.496 e. The summed E-state index contributed by atoms with van der Waals surface area (Å²) in [7, 11) is 1.55. The molecule has 1 amide bonds. The zero-order valence-electron chi connectivity index (χ0n) is 22.8. The summed E-state index contributed by atoms with van der Waals surface area (Å²) in [6.07, 6.45) is -0.139. The third kappa shape index (κ3) is 5.81. The second-order valence-corrected chi connectivity index (χ2v) is 10.8. The van der Waals surface area contributed by atoms with Gasteiger partial charge in [-0.1, -0.05) is 54.6 Å². The zero-order chi connectivity index (χ0) is 29.1. The van der Waals surface area contributed by atoms with Crippen LogP contribution in [0, 0.1) is 10.9 Å². The molecule has 0 radical (unpaired) electrons. The van der Waals surface area contributed by atoms with Crippen LogP contribution in [0.2, 0.25) is 0 Å². The molecule has 5 rings (SSSR count). The van der Waals surface area contributed by atoms with Crippen molar-refractivity contribution in [2.45, 2.75) is 38.2 Å². The quantitative estimate of drug-likeness (QED) is 0.203. The Balaban J connectivity index is 1.35. The molecule has 41 heavy (non-hydrogen) atoms. The first-order valence-corrected chi connectivity index (χ1v) is 14.1. The first kappa shape index (κ1) is 28.3. The highest BCUT2D eigenvalue weighted by Gasteiger charge is 2.52. The van der Waals surface area contributed by atoms with E-state index in [1.807, 2.05) is 36.4 Å². The van der Waals surface area contributed by atoms with Crippen LogP contribution in [0.1, 0.15) is 43.9 Å². The van der Waals surface area contributed by atoms with Crippen molar-refractivity contribution in [1.29, 1.82) is 0 Å². The van der Waals surface area contributed by atoms with E-state index in [0.29, 0.717) is 22.8 Å². The Bertz CT molecular complexity index is 1580. The zero-order valence-corrected chi connectivity index (χ0v) is 23.6. The molecule has 1 N–H and O–H groups in total. The first-order chi connectivity index (χ1) is 19.8. The maximum absolute atomic E-state index is 14.4. The number of anilines is 1. The summed E-state index contributed by atoms with van der Waals surface area (Å²) in [5.41, 5.74) is 3.17. The molecule has 1 aliphatic carbocycles. The third-order valence-electron chi connectivity index (χ3n) is 7.19. The molecule has 1 atom stereocenters. The predicted octanol–water partition coefficient (Wildman–Crippen LogP) is 8.27. The van der Waals surface area contributed by atoms with Gasteiger partial charge < -0.3 is 14.2 Å². The van der Waals surface area contributed by atoms with Crippen LogP contribution in [0.3, 0.4) is 0 Å². The molecule has 6 nitrogen and oxygen atoms in total. The number of carbonyl (C=O) groups excluding carboxylic acids is 2. The topological polar surface area (TPSA) is 73.9 Å². The number of esters is 1. The number of nitrogens with one attached hydrogen (secondary N) is 1. The summed E-state index contributed by atoms with van der Waals surface area (Å²) in [4.78, 5) is 25.6. The van der Waals surface area contributed by atoms with Gasteiger partial charge in [-0.05, 0) is 55.5 Å². The number of ether oxygens (including phenoxy) is 3. The van der Waals surface area contributed by atoms with Crippen molar-refractivity contribution in [3.63, 3.8) is 0 Å². The van der Waals surface area contributed by atoms with Crippen molar-refractivity contribution in [3.05, 3.63) is 94.9 Å². The van der Waals surface area contributed by atoms with Crippen LogP contribution in [0.15, 0.2) is 72.8 Å². The number of amides is 1. The molecule has 212 valence electrons. The van der Waals surface area contributed by atoms with Gasteiger partial charge in [-0.15, -0.1) is 11.3 Å². The molecule has 0 unspecified atom stereocenters. The van der Waals surface area contributed by atoms with Crippen LogP contribution < -0.4 is 10.1 Å². The molecule has 1 heterocycles. The molecular weight excluding hydrogens is 548 g/mol. The molecule has 0 bridgehead atoms. The smallest absolute Gasteiger partial charge is 0.412 e. The van der Waals surface area contributed by atoms with Gasteiger partial charge in [0.2, 0.25) is 0 Å². The molecule has 1 fully saturated rings. The number of methoxy groups -OCH3 is 1. The first-order valence-electron chi connectivity index (χ1n) is 13.2. The average Bonchev–Trinajstić information content (AvgIpc) is 3.70. The van der Waals surface area contributed by atoms with E-state index in [4.69, 9.17) is 14.2 Å². The Kier molecular flexibility index (Phi) is 8.08. The number of rotatable bonds is 9. The van der Waals surface area contributed by atoms with Gasteiger partial charge >= 0.3 is 12.1 Å². The highest BCUT2D eigenvalue weighted by atomic mass is 32.1. The van der Waals surface area contributed by atoms with Gasteiger partial charge in [-0.2, -0.15) is 4.39 Å². The Labute approximate surface area is 240 Å². The van der Waals surface area contributed by atoms with E-state index in [9.17, 15) is 18.4 Å². The SMILES string of the molecule is CCOC(=O)C1(c2ccc(-c3ccc(-c4sc(F)cc4NC(=O)O[C@H](C)c4ccccc4F)cc3OC)cc2)CC1. The highest BCUT2D eigenvalue weighted by molar-refractivity contribution is 7.14. The number of thiophene rings is 1. The van der Waals surface area contributed by atoms with E-state index in [1.165, 1.54) is 18.2 Å². The number of carbonyl (C=O) groups is 2. The van der Waals surface area contributed by atoms with E-state index in [2.05, 4.69) is 5.32 Å². The van der Waals surface area contributed by atoms with Crippen molar-refractivity contribution in [2.24, 2.45) is 0 Å². The van der Waals surface area contributed by atoms with Gasteiger partial charge in [0.05, 0.1) is 29.7 Å². The molecule has 3 aromatic carbocycles. The Morgan fingerprint density at radius 2 is 1.71 bits per heavy atom. The second kappa shape index (κ2) is 11.7. The summed E-state index contributed by atoms with van der Waals surface area (Å²) in [6.45, 7) is 3.71. The van der Waals surface area contributed by atoms with Gasteiger partial charge in [0, 0.05) is 17.2 Å². The lowest BCUT2D eigenvalue weighted by molar-refractivity contribution is -0.146. The van der Waals surface area contributed by atoms with E-state index in [0.717, 1.165) is 40.9 Å². The molecule has 1 aromatic heterocycles. The van der Waals surface area contributed by atoms with E-state index >= 15 is 0 Å². The Hall–Kier alpha value is -4.24. The minimum Gasteiger partial charge on any atom is -0.496 e. The summed E-state index contributed by atoms with van der Waals surface area (Å²) in [6, 6.07) is 20.5. The van der Waals surface area contributed by atoms with Crippen molar-refractivity contribution in [2.75, 3.05) is 19.0 Å². The van der Waals surface area contributed by atoms with E-state index < -0.39 is 28.6 Å². The summed E-state index contributed by atoms with van der Waals surface area (Å²) in [5.74, 6) is -0.118. The maximum Gasteiger partial charge on any atom is 0.412 e. The van der Waals surface area contributed by atoms with Crippen LogP contribution in [0.25, 0.3) is 21.6 Å². The van der Waals surface area contributed by atoms with Crippen LogP contribution in [0.4, 0.5) is 19.3 Å². The van der Waals surface area contributed by atoms with Gasteiger partial charge in [0.15, 0.2) is 5.13 Å². The number of hydrogen-bond donors (Lipinski definition) is 1. The third-order valence-corrected chi connectivity index (χ3v) is 8.17. The van der Waals surface area contributed by atoms with Gasteiger partial charge in [0.1, 0.15) is 17.7 Å². The maximum atomic E-state index is 14.4. The van der Waals surface area contributed by atoms with Gasteiger partial charge in [-0.25, -0.2) is 9.18 Å². The Morgan fingerprint density at radius 1 is 1.00 bits per heavy atom. The van der Waals surface area contributed by atoms with Crippen molar-refractivity contribution >= 4 is 29.1 Å². The summed E-state index contributed by atoms with van der Waals surface area (Å²) >= 11 is 0.870. The van der Waals surface area contributed by atoms with E-state index in [1.54, 1.807) is 39.2 Å². The van der Waals surface area contributed by atoms with Crippen LogP contribution >= 0.6 is 11.3 Å². The monoisotopic (exact) mass is 577 g/mol. The van der Waals surface area contributed by atoms with Crippen molar-refractivity contribution in [3.8, 4) is 27.3 Å². The lowest BCUT2D eigenvalue weighted by Gasteiger charge is -2.16. The van der Waals surface area contributed by atoms with Crippen LogP contribution in [-0.2, 0) is 19.7 Å². The fraction of sp³-hybridized carbons (Fsp3) is 0.250. The second-order valence-electron chi connectivity index (χ2n) is 9.78. The molecule has 1 saturated carbocycles. The molecule has 0 saturated heterocycles. The minimum absolute atomic E-state index is 0.187. The molecule has 9 heteroatoms. The average molecular weight is 578 g/mol. The molecule has 0 spiro atoms. The van der Waals surface area contributed by atoms with Gasteiger partial charge in [0.25, 0.3) is 0 Å². The lowest BCUT2D eigenvalue weighted by atomic mass is 9.93. The Morgan fingerprint density at radius 3 is 2.37 bits per heavy atom. The molecule has 4 aromatic rings. The summed E-state index contributed by atoms with van der Waals surface area (Å²) in [5, 5.41) is 2.09. The summed E-state index contributed by atoms with van der Waals surface area (Å²) < 4.78 is 44.8.